The minimum Gasteiger partial charge on any atom is -0.342 e. The number of hydrogen-bond acceptors (Lipinski definition) is 2. The first-order chi connectivity index (χ1) is 7.57. The monoisotopic (exact) mass is 228 g/mol. The lowest BCUT2D eigenvalue weighted by atomic mass is 10.2. The molecule has 0 bridgehead atoms. The number of carbonyl (C=O) groups is 1. The van der Waals surface area contributed by atoms with Gasteiger partial charge in [0.2, 0.25) is 0 Å². The summed E-state index contributed by atoms with van der Waals surface area (Å²) in [6.45, 7) is 0.870. The van der Waals surface area contributed by atoms with Gasteiger partial charge < -0.3 is 10.6 Å². The maximum Gasteiger partial charge on any atom is 0.256 e. The standard InChI is InChI=1S/C11H14F2N2O/c1-15(7-3-6-14)11(16)8-4-2-5-9(12)10(8)13/h2,4-5H,3,6-7,14H2,1H3. The van der Waals surface area contributed by atoms with Gasteiger partial charge in [-0.2, -0.15) is 0 Å². The van der Waals surface area contributed by atoms with Crippen molar-refractivity contribution in [3.05, 3.63) is 35.4 Å². The van der Waals surface area contributed by atoms with E-state index in [-0.39, 0.29) is 5.56 Å². The molecule has 0 spiro atoms. The molecule has 16 heavy (non-hydrogen) atoms. The average Bonchev–Trinajstić information content (AvgIpc) is 2.28. The van der Waals surface area contributed by atoms with Gasteiger partial charge in [0.1, 0.15) is 0 Å². The quantitative estimate of drug-likeness (QED) is 0.846. The van der Waals surface area contributed by atoms with Crippen molar-refractivity contribution in [2.45, 2.75) is 6.42 Å². The number of carbonyl (C=O) groups excluding carboxylic acids is 1. The van der Waals surface area contributed by atoms with Crippen molar-refractivity contribution in [3.63, 3.8) is 0 Å². The van der Waals surface area contributed by atoms with Crippen LogP contribution in [0.4, 0.5) is 8.78 Å². The van der Waals surface area contributed by atoms with Gasteiger partial charge in [-0.05, 0) is 25.1 Å². The van der Waals surface area contributed by atoms with Crippen molar-refractivity contribution in [3.8, 4) is 0 Å². The van der Waals surface area contributed by atoms with Crippen molar-refractivity contribution in [1.29, 1.82) is 0 Å². The third-order valence-electron chi connectivity index (χ3n) is 2.23. The predicted octanol–water partition coefficient (Wildman–Crippen LogP) is 1.39. The van der Waals surface area contributed by atoms with Crippen LogP contribution in [0.5, 0.6) is 0 Å². The Morgan fingerprint density at radius 2 is 2.12 bits per heavy atom. The molecule has 0 fully saturated rings. The highest BCUT2D eigenvalue weighted by molar-refractivity contribution is 5.94. The molecule has 0 aliphatic carbocycles. The fourth-order valence-electron chi connectivity index (χ4n) is 1.30. The van der Waals surface area contributed by atoms with E-state index in [1.54, 1.807) is 0 Å². The van der Waals surface area contributed by atoms with E-state index < -0.39 is 17.5 Å². The van der Waals surface area contributed by atoms with Crippen LogP contribution in [0.3, 0.4) is 0 Å². The van der Waals surface area contributed by atoms with E-state index in [1.165, 1.54) is 24.1 Å². The zero-order valence-electron chi connectivity index (χ0n) is 9.04. The van der Waals surface area contributed by atoms with Gasteiger partial charge in [-0.3, -0.25) is 4.79 Å². The lowest BCUT2D eigenvalue weighted by Crippen LogP contribution is -2.29. The Hall–Kier alpha value is -1.49. The molecule has 1 amide bonds. The maximum atomic E-state index is 13.3. The van der Waals surface area contributed by atoms with E-state index in [2.05, 4.69) is 0 Å². The molecule has 0 saturated carbocycles. The van der Waals surface area contributed by atoms with Gasteiger partial charge in [0.25, 0.3) is 5.91 Å². The molecule has 0 unspecified atom stereocenters. The van der Waals surface area contributed by atoms with Gasteiger partial charge in [0.05, 0.1) is 5.56 Å². The van der Waals surface area contributed by atoms with Gasteiger partial charge >= 0.3 is 0 Å². The molecular formula is C11H14F2N2O. The molecule has 5 heteroatoms. The molecule has 0 aliphatic heterocycles. The van der Waals surface area contributed by atoms with Crippen molar-refractivity contribution in [1.82, 2.24) is 4.90 Å². The number of nitrogens with two attached hydrogens (primary N) is 1. The first-order valence-corrected chi connectivity index (χ1v) is 4.97. The first kappa shape index (κ1) is 12.6. The molecule has 0 saturated heterocycles. The summed E-state index contributed by atoms with van der Waals surface area (Å²) in [4.78, 5) is 13.0. The Labute approximate surface area is 92.8 Å². The first-order valence-electron chi connectivity index (χ1n) is 4.97. The molecule has 88 valence electrons. The molecule has 0 aliphatic rings. The summed E-state index contributed by atoms with van der Waals surface area (Å²) in [5, 5.41) is 0. The van der Waals surface area contributed by atoms with Crippen LogP contribution >= 0.6 is 0 Å². The van der Waals surface area contributed by atoms with Crippen LogP contribution in [0, 0.1) is 11.6 Å². The number of rotatable bonds is 4. The fraction of sp³-hybridized carbons (Fsp3) is 0.364. The van der Waals surface area contributed by atoms with Gasteiger partial charge in [0, 0.05) is 13.6 Å². The van der Waals surface area contributed by atoms with E-state index in [1.807, 2.05) is 0 Å². The number of nitrogens with zero attached hydrogens (tertiary/aromatic N) is 1. The second kappa shape index (κ2) is 5.55. The predicted molar refractivity (Wildman–Crippen MR) is 57.0 cm³/mol. The van der Waals surface area contributed by atoms with E-state index in [0.717, 1.165) is 6.07 Å². The number of halogens is 2. The lowest BCUT2D eigenvalue weighted by molar-refractivity contribution is 0.0788. The van der Waals surface area contributed by atoms with Crippen molar-refractivity contribution in [2.24, 2.45) is 5.73 Å². The lowest BCUT2D eigenvalue weighted by Gasteiger charge is -2.16. The molecule has 0 atom stereocenters. The van der Waals surface area contributed by atoms with Crippen LogP contribution in [0.15, 0.2) is 18.2 Å². The molecule has 0 radical (unpaired) electrons. The van der Waals surface area contributed by atoms with Crippen LogP contribution in [-0.2, 0) is 0 Å². The van der Waals surface area contributed by atoms with E-state index in [9.17, 15) is 13.6 Å². The second-order valence-electron chi connectivity index (χ2n) is 3.47. The van der Waals surface area contributed by atoms with Crippen LogP contribution < -0.4 is 5.73 Å². The topological polar surface area (TPSA) is 46.3 Å². The second-order valence-corrected chi connectivity index (χ2v) is 3.47. The molecule has 0 heterocycles. The van der Waals surface area contributed by atoms with Gasteiger partial charge in [-0.15, -0.1) is 0 Å². The van der Waals surface area contributed by atoms with E-state index >= 15 is 0 Å². The summed E-state index contributed by atoms with van der Waals surface area (Å²) < 4.78 is 26.2. The molecule has 3 nitrogen and oxygen atoms in total. The molecule has 2 N–H and O–H groups in total. The summed E-state index contributed by atoms with van der Waals surface area (Å²) in [7, 11) is 1.53. The summed E-state index contributed by atoms with van der Waals surface area (Å²) in [5.41, 5.74) is 5.05. The highest BCUT2D eigenvalue weighted by Gasteiger charge is 2.17. The molecule has 0 aromatic heterocycles. The number of amides is 1. The molecule has 1 aromatic rings. The smallest absolute Gasteiger partial charge is 0.256 e. The summed E-state index contributed by atoms with van der Waals surface area (Å²) in [5.74, 6) is -2.66. The van der Waals surface area contributed by atoms with Crippen molar-refractivity contribution < 1.29 is 13.6 Å². The summed E-state index contributed by atoms with van der Waals surface area (Å²) in [6.07, 6.45) is 0.624. The largest absolute Gasteiger partial charge is 0.342 e. The normalized spacial score (nSPS) is 10.2. The van der Waals surface area contributed by atoms with E-state index in [4.69, 9.17) is 5.73 Å². The minimum atomic E-state index is -1.10. The van der Waals surface area contributed by atoms with Crippen LogP contribution in [-0.4, -0.2) is 30.9 Å². The summed E-state index contributed by atoms with van der Waals surface area (Å²) >= 11 is 0. The SMILES string of the molecule is CN(CCCN)C(=O)c1cccc(F)c1F. The van der Waals surface area contributed by atoms with Crippen molar-refractivity contribution in [2.75, 3.05) is 20.1 Å². The molecular weight excluding hydrogens is 214 g/mol. The van der Waals surface area contributed by atoms with Gasteiger partial charge in [-0.1, -0.05) is 6.07 Å². The Morgan fingerprint density at radius 3 is 2.75 bits per heavy atom. The van der Waals surface area contributed by atoms with Crippen LogP contribution in [0.1, 0.15) is 16.8 Å². The van der Waals surface area contributed by atoms with Crippen LogP contribution in [0.25, 0.3) is 0 Å². The summed E-state index contributed by atoms with van der Waals surface area (Å²) in [6, 6.07) is 3.55. The highest BCUT2D eigenvalue weighted by atomic mass is 19.2. The Kier molecular flexibility index (Phi) is 4.37. The van der Waals surface area contributed by atoms with E-state index in [0.29, 0.717) is 19.5 Å². The van der Waals surface area contributed by atoms with Gasteiger partial charge in [0.15, 0.2) is 11.6 Å². The Balaban J connectivity index is 2.84. The van der Waals surface area contributed by atoms with Crippen molar-refractivity contribution >= 4 is 5.91 Å². The fourth-order valence-corrected chi connectivity index (χ4v) is 1.30. The molecule has 1 aromatic carbocycles. The zero-order valence-corrected chi connectivity index (χ0v) is 9.04. The third kappa shape index (κ3) is 2.76. The molecule has 1 rings (SSSR count). The number of benzene rings is 1. The minimum absolute atomic E-state index is 0.250. The Morgan fingerprint density at radius 1 is 1.44 bits per heavy atom. The van der Waals surface area contributed by atoms with Gasteiger partial charge in [-0.25, -0.2) is 8.78 Å². The Bertz CT molecular complexity index is 382. The van der Waals surface area contributed by atoms with Crippen LogP contribution in [0.2, 0.25) is 0 Å². The highest BCUT2D eigenvalue weighted by Crippen LogP contribution is 2.13. The zero-order chi connectivity index (χ0) is 12.1. The maximum absolute atomic E-state index is 13.3. The number of hydrogen-bond donors (Lipinski definition) is 1. The average molecular weight is 228 g/mol. The third-order valence-corrected chi connectivity index (χ3v) is 2.23.